The number of aromatic nitrogens is 2. The second-order valence-electron chi connectivity index (χ2n) is 6.55. The average Bonchev–Trinajstić information content (AvgIpc) is 2.72. The van der Waals surface area contributed by atoms with Crippen molar-refractivity contribution < 1.29 is 4.79 Å². The summed E-state index contributed by atoms with van der Waals surface area (Å²) in [5.74, 6) is 0.458. The summed E-state index contributed by atoms with van der Waals surface area (Å²) in [6.45, 7) is 0.796. The molecule has 1 amide bonds. The number of rotatable bonds is 4. The minimum absolute atomic E-state index is 0.248. The van der Waals surface area contributed by atoms with Gasteiger partial charge in [0.05, 0.1) is 10.6 Å². The van der Waals surface area contributed by atoms with E-state index in [2.05, 4.69) is 31.8 Å². The van der Waals surface area contributed by atoms with Gasteiger partial charge in [0.15, 0.2) is 11.6 Å². The molecule has 7 nitrogen and oxygen atoms in total. The number of aryl methyl sites for hydroxylation is 1. The number of hydrogen-bond acceptors (Lipinski definition) is 6. The van der Waals surface area contributed by atoms with Gasteiger partial charge < -0.3 is 10.6 Å². The van der Waals surface area contributed by atoms with Crippen molar-refractivity contribution in [1.29, 1.82) is 0 Å². The third kappa shape index (κ3) is 3.92. The second kappa shape index (κ2) is 8.14. The van der Waals surface area contributed by atoms with Crippen LogP contribution in [0.1, 0.15) is 22.3 Å². The van der Waals surface area contributed by atoms with Gasteiger partial charge in [0.2, 0.25) is 0 Å². The van der Waals surface area contributed by atoms with E-state index in [1.807, 2.05) is 18.2 Å². The van der Waals surface area contributed by atoms with Crippen LogP contribution in [0.2, 0.25) is 10.0 Å². The van der Waals surface area contributed by atoms with Gasteiger partial charge in [-0.05, 0) is 42.7 Å². The Balaban J connectivity index is 1.56. The summed E-state index contributed by atoms with van der Waals surface area (Å²) in [7, 11) is 0. The van der Waals surface area contributed by atoms with Crippen LogP contribution in [0.5, 0.6) is 0 Å². The molecular weight excluding hydrogens is 411 g/mol. The van der Waals surface area contributed by atoms with Gasteiger partial charge in [-0.15, -0.1) is 0 Å². The predicted molar refractivity (Wildman–Crippen MR) is 116 cm³/mol. The third-order valence-corrected chi connectivity index (χ3v) is 5.25. The van der Waals surface area contributed by atoms with E-state index >= 15 is 0 Å². The Hall–Kier alpha value is -3.03. The summed E-state index contributed by atoms with van der Waals surface area (Å²) in [6.07, 6.45) is 3.42. The number of nitrogens with zero attached hydrogens (tertiary/aromatic N) is 3. The number of nitrogen functional groups attached to an aromatic ring is 1. The number of nitrogens with one attached hydrogen (secondary N) is 2. The molecule has 1 aliphatic rings. The maximum atomic E-state index is 12.4. The van der Waals surface area contributed by atoms with Crippen LogP contribution in [-0.4, -0.2) is 22.4 Å². The highest BCUT2D eigenvalue weighted by molar-refractivity contribution is 6.36. The molecule has 0 aliphatic carbocycles. The molecule has 0 atom stereocenters. The van der Waals surface area contributed by atoms with Crippen molar-refractivity contribution in [3.8, 4) is 0 Å². The summed E-state index contributed by atoms with van der Waals surface area (Å²) in [4.78, 5) is 23.0. The number of amides is 1. The van der Waals surface area contributed by atoms with Crippen molar-refractivity contribution in [2.45, 2.75) is 12.8 Å². The zero-order chi connectivity index (χ0) is 20.4. The van der Waals surface area contributed by atoms with E-state index in [1.165, 1.54) is 18.0 Å². The van der Waals surface area contributed by atoms with Crippen molar-refractivity contribution in [3.63, 3.8) is 0 Å². The van der Waals surface area contributed by atoms with Crippen LogP contribution in [0.25, 0.3) is 0 Å². The molecule has 3 aromatic rings. The minimum atomic E-state index is -0.436. The van der Waals surface area contributed by atoms with E-state index in [0.717, 1.165) is 25.1 Å². The lowest BCUT2D eigenvalue weighted by Gasteiger charge is -2.31. The first kappa shape index (κ1) is 19.3. The number of carbonyl (C=O) groups is 1. The first-order valence-corrected chi connectivity index (χ1v) is 9.77. The molecule has 1 aliphatic heterocycles. The molecule has 0 radical (unpaired) electrons. The number of para-hydroxylation sites is 1. The number of anilines is 4. The minimum Gasteiger partial charge on any atom is -0.393 e. The zero-order valence-electron chi connectivity index (χ0n) is 15.3. The first-order chi connectivity index (χ1) is 14.0. The van der Waals surface area contributed by atoms with Crippen LogP contribution in [0, 0.1) is 0 Å². The highest BCUT2D eigenvalue weighted by Crippen LogP contribution is 2.36. The Kier molecular flexibility index (Phi) is 5.42. The zero-order valence-corrected chi connectivity index (χ0v) is 16.8. The van der Waals surface area contributed by atoms with E-state index in [1.54, 1.807) is 12.1 Å². The second-order valence-corrected chi connectivity index (χ2v) is 7.39. The van der Waals surface area contributed by atoms with Crippen LogP contribution in [0.15, 0.2) is 48.8 Å². The SMILES string of the molecule is Nc1c(NNC(=O)c2ccc(Cl)cc2Cl)ncnc1N1CCCc2ccccc21. The molecule has 0 unspecified atom stereocenters. The van der Waals surface area contributed by atoms with E-state index in [4.69, 9.17) is 28.9 Å². The monoisotopic (exact) mass is 428 g/mol. The fourth-order valence-corrected chi connectivity index (χ4v) is 3.81. The molecule has 9 heteroatoms. The van der Waals surface area contributed by atoms with Crippen LogP contribution in [0.3, 0.4) is 0 Å². The van der Waals surface area contributed by atoms with Gasteiger partial charge in [-0.3, -0.25) is 15.6 Å². The molecule has 1 aromatic heterocycles. The number of hydrogen-bond donors (Lipinski definition) is 3. The van der Waals surface area contributed by atoms with Crippen LogP contribution in [0.4, 0.5) is 23.0 Å². The van der Waals surface area contributed by atoms with Crippen molar-refractivity contribution in [2.24, 2.45) is 0 Å². The van der Waals surface area contributed by atoms with Crippen molar-refractivity contribution in [1.82, 2.24) is 15.4 Å². The number of fused-ring (bicyclic) bond motifs is 1. The molecule has 29 heavy (non-hydrogen) atoms. The highest BCUT2D eigenvalue weighted by atomic mass is 35.5. The maximum Gasteiger partial charge on any atom is 0.271 e. The van der Waals surface area contributed by atoms with E-state index < -0.39 is 5.91 Å². The van der Waals surface area contributed by atoms with E-state index in [-0.39, 0.29) is 10.6 Å². The summed E-state index contributed by atoms with van der Waals surface area (Å²) in [5.41, 5.74) is 14.6. The van der Waals surface area contributed by atoms with Crippen LogP contribution in [-0.2, 0) is 6.42 Å². The Morgan fingerprint density at radius 2 is 1.97 bits per heavy atom. The molecule has 2 aromatic carbocycles. The van der Waals surface area contributed by atoms with Gasteiger partial charge in [0.25, 0.3) is 5.91 Å². The van der Waals surface area contributed by atoms with Gasteiger partial charge in [-0.1, -0.05) is 41.4 Å². The smallest absolute Gasteiger partial charge is 0.271 e. The number of benzene rings is 2. The molecule has 0 bridgehead atoms. The van der Waals surface area contributed by atoms with Gasteiger partial charge in [-0.25, -0.2) is 9.97 Å². The fourth-order valence-electron chi connectivity index (χ4n) is 3.31. The molecule has 2 heterocycles. The average molecular weight is 429 g/mol. The molecular formula is C20H18Cl2N6O. The summed E-state index contributed by atoms with van der Waals surface area (Å²) < 4.78 is 0. The van der Waals surface area contributed by atoms with Crippen molar-refractivity contribution in [3.05, 3.63) is 70.0 Å². The fraction of sp³-hybridized carbons (Fsp3) is 0.150. The largest absolute Gasteiger partial charge is 0.393 e. The van der Waals surface area contributed by atoms with Crippen LogP contribution >= 0.6 is 23.2 Å². The highest BCUT2D eigenvalue weighted by Gasteiger charge is 2.22. The Morgan fingerprint density at radius 3 is 2.79 bits per heavy atom. The number of hydrazine groups is 1. The molecule has 0 spiro atoms. The van der Waals surface area contributed by atoms with Crippen molar-refractivity contribution in [2.75, 3.05) is 22.6 Å². The van der Waals surface area contributed by atoms with Gasteiger partial charge in [0, 0.05) is 17.3 Å². The number of halogens is 2. The maximum absolute atomic E-state index is 12.4. The lowest BCUT2D eigenvalue weighted by atomic mass is 10.0. The standard InChI is InChI=1S/C20H18Cl2N6O/c21-13-7-8-14(15(22)10-13)20(29)27-26-18-17(23)19(25-11-24-18)28-9-3-5-12-4-1-2-6-16(12)28/h1-2,4,6-8,10-11H,3,5,9,23H2,(H,27,29)(H,24,25,26). The molecule has 148 valence electrons. The van der Waals surface area contributed by atoms with Crippen LogP contribution < -0.4 is 21.5 Å². The van der Waals surface area contributed by atoms with E-state index in [0.29, 0.717) is 22.3 Å². The first-order valence-electron chi connectivity index (χ1n) is 9.02. The normalized spacial score (nSPS) is 13.0. The summed E-state index contributed by atoms with van der Waals surface area (Å²) >= 11 is 12.0. The Morgan fingerprint density at radius 1 is 1.14 bits per heavy atom. The Labute approximate surface area is 177 Å². The summed E-state index contributed by atoms with van der Waals surface area (Å²) in [6, 6.07) is 12.8. The number of carbonyl (C=O) groups excluding carboxylic acids is 1. The topological polar surface area (TPSA) is 96.2 Å². The van der Waals surface area contributed by atoms with Crippen molar-refractivity contribution >= 4 is 52.1 Å². The lowest BCUT2D eigenvalue weighted by Crippen LogP contribution is -2.31. The van der Waals surface area contributed by atoms with Gasteiger partial charge in [0.1, 0.15) is 12.0 Å². The van der Waals surface area contributed by atoms with Gasteiger partial charge in [-0.2, -0.15) is 0 Å². The molecule has 4 N–H and O–H groups in total. The van der Waals surface area contributed by atoms with E-state index in [9.17, 15) is 4.79 Å². The quantitative estimate of drug-likeness (QED) is 0.538. The Bertz CT molecular complexity index is 1070. The molecule has 4 rings (SSSR count). The molecule has 0 saturated heterocycles. The predicted octanol–water partition coefficient (Wildman–Crippen LogP) is 4.21. The summed E-state index contributed by atoms with van der Waals surface area (Å²) in [5, 5.41) is 0.698. The lowest BCUT2D eigenvalue weighted by molar-refractivity contribution is 0.0962. The molecule has 0 fully saturated rings. The molecule has 0 saturated carbocycles. The van der Waals surface area contributed by atoms with Gasteiger partial charge >= 0.3 is 0 Å². The third-order valence-electron chi connectivity index (χ3n) is 4.70. The number of nitrogens with two attached hydrogens (primary N) is 1.